The first-order valence-electron chi connectivity index (χ1n) is 8.27. The third-order valence-electron chi connectivity index (χ3n) is 3.38. The van der Waals surface area contributed by atoms with Gasteiger partial charge in [-0.05, 0) is 36.5 Å². The maximum absolute atomic E-state index is 11.9. The first kappa shape index (κ1) is 19.2. The van der Waals surface area contributed by atoms with Gasteiger partial charge in [-0.1, -0.05) is 47.6 Å². The average Bonchev–Trinajstić information content (AvgIpc) is 2.46. The Bertz CT molecular complexity index is 544. The second-order valence-electron chi connectivity index (χ2n) is 6.87. The van der Waals surface area contributed by atoms with Gasteiger partial charge < -0.3 is 9.47 Å². The van der Waals surface area contributed by atoms with Crippen LogP contribution in [0.15, 0.2) is 18.2 Å². The summed E-state index contributed by atoms with van der Waals surface area (Å²) < 4.78 is 10.8. The van der Waals surface area contributed by atoms with Crippen LogP contribution in [0.25, 0.3) is 0 Å². The predicted molar refractivity (Wildman–Crippen MR) is 90.5 cm³/mol. The topological polar surface area (TPSA) is 52.6 Å². The van der Waals surface area contributed by atoms with Crippen LogP contribution in [0.2, 0.25) is 0 Å². The van der Waals surface area contributed by atoms with Gasteiger partial charge in [0.25, 0.3) is 0 Å². The Kier molecular flexibility index (Phi) is 7.27. The van der Waals surface area contributed by atoms with E-state index in [1.165, 1.54) is 0 Å². The number of hydrogen-bond acceptors (Lipinski definition) is 4. The summed E-state index contributed by atoms with van der Waals surface area (Å²) in [5, 5.41) is 0. The van der Waals surface area contributed by atoms with Crippen molar-refractivity contribution >= 4 is 11.9 Å². The zero-order chi connectivity index (χ0) is 17.6. The molecule has 0 N–H and O–H groups in total. The Labute approximate surface area is 139 Å². The van der Waals surface area contributed by atoms with Crippen LogP contribution < -0.4 is 9.47 Å². The van der Waals surface area contributed by atoms with Crippen LogP contribution in [0.3, 0.4) is 0 Å². The van der Waals surface area contributed by atoms with E-state index < -0.39 is 0 Å². The van der Waals surface area contributed by atoms with Crippen LogP contribution in [0, 0.1) is 17.8 Å². The minimum absolute atomic E-state index is 0.246. The van der Waals surface area contributed by atoms with Crippen molar-refractivity contribution in [2.45, 2.75) is 54.4 Å². The highest BCUT2D eigenvalue weighted by atomic mass is 16.6. The molecule has 4 nitrogen and oxygen atoms in total. The molecule has 23 heavy (non-hydrogen) atoms. The van der Waals surface area contributed by atoms with Gasteiger partial charge in [-0.25, -0.2) is 0 Å². The Balaban J connectivity index is 3.02. The van der Waals surface area contributed by atoms with E-state index in [1.54, 1.807) is 39.8 Å². The highest BCUT2D eigenvalue weighted by molar-refractivity contribution is 5.78. The molecule has 0 atom stereocenters. The molecular formula is C19H28O4. The van der Waals surface area contributed by atoms with E-state index in [1.807, 2.05) is 6.07 Å². The zero-order valence-electron chi connectivity index (χ0n) is 15.0. The molecule has 0 unspecified atom stereocenters. The second kappa shape index (κ2) is 8.70. The van der Waals surface area contributed by atoms with Gasteiger partial charge in [0.2, 0.25) is 0 Å². The Hall–Kier alpha value is -1.84. The van der Waals surface area contributed by atoms with E-state index in [2.05, 4.69) is 13.8 Å². The average molecular weight is 320 g/mol. The molecule has 4 heteroatoms. The summed E-state index contributed by atoms with van der Waals surface area (Å²) in [6, 6.07) is 5.42. The van der Waals surface area contributed by atoms with Crippen LogP contribution in [-0.4, -0.2) is 11.9 Å². The summed E-state index contributed by atoms with van der Waals surface area (Å²) in [5.74, 6) is 0.0296. The molecule has 0 aromatic heterocycles. The molecular weight excluding hydrogens is 292 g/mol. The summed E-state index contributed by atoms with van der Waals surface area (Å²) in [6.07, 6.45) is 1.94. The molecule has 0 heterocycles. The predicted octanol–water partition coefficient (Wildman–Crippen LogP) is 4.40. The number of ether oxygens (including phenoxy) is 2. The van der Waals surface area contributed by atoms with Crippen molar-refractivity contribution in [3.05, 3.63) is 23.8 Å². The van der Waals surface area contributed by atoms with Crippen LogP contribution >= 0.6 is 0 Å². The maximum Gasteiger partial charge on any atom is 0.313 e. The van der Waals surface area contributed by atoms with Gasteiger partial charge in [0, 0.05) is 0 Å². The third-order valence-corrected chi connectivity index (χ3v) is 3.38. The lowest BCUT2D eigenvalue weighted by molar-refractivity contribution is -0.140. The molecule has 1 aromatic carbocycles. The van der Waals surface area contributed by atoms with Gasteiger partial charge >= 0.3 is 11.9 Å². The van der Waals surface area contributed by atoms with Crippen molar-refractivity contribution in [2.24, 2.45) is 17.8 Å². The van der Waals surface area contributed by atoms with Crippen molar-refractivity contribution in [1.82, 2.24) is 0 Å². The van der Waals surface area contributed by atoms with E-state index in [4.69, 9.17) is 9.47 Å². The Morgan fingerprint density at radius 1 is 0.870 bits per heavy atom. The lowest BCUT2D eigenvalue weighted by Gasteiger charge is -2.14. The number of carbonyl (C=O) groups excluding carboxylic acids is 2. The standard InChI is InChI=1S/C19H28O4/c1-12(2)7-8-15-9-10-16(22-18(20)13(3)4)17(11-15)23-19(21)14(5)6/h9-14H,7-8H2,1-6H3. The van der Waals surface area contributed by atoms with Gasteiger partial charge in [0.15, 0.2) is 11.5 Å². The Morgan fingerprint density at radius 3 is 1.87 bits per heavy atom. The highest BCUT2D eigenvalue weighted by Gasteiger charge is 2.18. The van der Waals surface area contributed by atoms with Gasteiger partial charge in [-0.2, -0.15) is 0 Å². The fourth-order valence-corrected chi connectivity index (χ4v) is 1.78. The molecule has 0 saturated carbocycles. The van der Waals surface area contributed by atoms with E-state index >= 15 is 0 Å². The molecule has 0 saturated heterocycles. The van der Waals surface area contributed by atoms with E-state index in [-0.39, 0.29) is 23.8 Å². The van der Waals surface area contributed by atoms with Crippen LogP contribution in [0.1, 0.15) is 53.5 Å². The second-order valence-corrected chi connectivity index (χ2v) is 6.87. The molecule has 0 aliphatic heterocycles. The number of esters is 2. The summed E-state index contributed by atoms with van der Waals surface area (Å²) >= 11 is 0. The lowest BCUT2D eigenvalue weighted by Crippen LogP contribution is -2.18. The van der Waals surface area contributed by atoms with E-state index in [0.717, 1.165) is 18.4 Å². The van der Waals surface area contributed by atoms with Gasteiger partial charge in [0.05, 0.1) is 11.8 Å². The molecule has 0 spiro atoms. The normalized spacial score (nSPS) is 11.2. The van der Waals surface area contributed by atoms with Gasteiger partial charge in [0.1, 0.15) is 0 Å². The fraction of sp³-hybridized carbons (Fsp3) is 0.579. The summed E-state index contributed by atoms with van der Waals surface area (Å²) in [5.41, 5.74) is 1.06. The molecule has 0 aliphatic carbocycles. The van der Waals surface area contributed by atoms with Crippen LogP contribution in [0.5, 0.6) is 11.5 Å². The van der Waals surface area contributed by atoms with E-state index in [0.29, 0.717) is 17.4 Å². The summed E-state index contributed by atoms with van der Waals surface area (Å²) in [6.45, 7) is 11.4. The molecule has 1 aromatic rings. The first-order chi connectivity index (χ1) is 10.7. The summed E-state index contributed by atoms with van der Waals surface area (Å²) in [4.78, 5) is 23.7. The SMILES string of the molecule is CC(C)CCc1ccc(OC(=O)C(C)C)c(OC(=O)C(C)C)c1. The first-order valence-corrected chi connectivity index (χ1v) is 8.27. The highest BCUT2D eigenvalue weighted by Crippen LogP contribution is 2.30. The lowest BCUT2D eigenvalue weighted by atomic mass is 10.0. The van der Waals surface area contributed by atoms with Gasteiger partial charge in [-0.15, -0.1) is 0 Å². The molecule has 128 valence electrons. The van der Waals surface area contributed by atoms with Crippen LogP contribution in [0.4, 0.5) is 0 Å². The number of rotatable bonds is 7. The molecule has 0 amide bonds. The van der Waals surface area contributed by atoms with Crippen molar-refractivity contribution in [2.75, 3.05) is 0 Å². The van der Waals surface area contributed by atoms with Crippen molar-refractivity contribution < 1.29 is 19.1 Å². The molecule has 0 bridgehead atoms. The zero-order valence-corrected chi connectivity index (χ0v) is 15.0. The number of hydrogen-bond donors (Lipinski definition) is 0. The quantitative estimate of drug-likeness (QED) is 0.552. The number of benzene rings is 1. The summed E-state index contributed by atoms with van der Waals surface area (Å²) in [7, 11) is 0. The fourth-order valence-electron chi connectivity index (χ4n) is 1.78. The maximum atomic E-state index is 11.9. The third kappa shape index (κ3) is 6.43. The monoisotopic (exact) mass is 320 g/mol. The number of carbonyl (C=O) groups is 2. The van der Waals surface area contributed by atoms with E-state index in [9.17, 15) is 9.59 Å². The van der Waals surface area contributed by atoms with Gasteiger partial charge in [-0.3, -0.25) is 9.59 Å². The molecule has 0 radical (unpaired) electrons. The minimum Gasteiger partial charge on any atom is -0.422 e. The minimum atomic E-state index is -0.346. The smallest absolute Gasteiger partial charge is 0.313 e. The molecule has 0 aliphatic rings. The van der Waals surface area contributed by atoms with Crippen molar-refractivity contribution in [3.63, 3.8) is 0 Å². The Morgan fingerprint density at radius 2 is 1.39 bits per heavy atom. The van der Waals surface area contributed by atoms with Crippen molar-refractivity contribution in [3.8, 4) is 11.5 Å². The number of aryl methyl sites for hydroxylation is 1. The molecule has 0 fully saturated rings. The van der Waals surface area contributed by atoms with Crippen molar-refractivity contribution in [1.29, 1.82) is 0 Å². The van der Waals surface area contributed by atoms with Crippen LogP contribution in [-0.2, 0) is 16.0 Å². The molecule has 1 rings (SSSR count). The largest absolute Gasteiger partial charge is 0.422 e.